The number of likely N-dealkylation sites (tertiary alicyclic amines) is 1. The van der Waals surface area contributed by atoms with E-state index in [4.69, 9.17) is 9.15 Å². The van der Waals surface area contributed by atoms with Crippen molar-refractivity contribution < 1.29 is 13.9 Å². The van der Waals surface area contributed by atoms with Crippen LogP contribution in [0, 0.1) is 5.92 Å². The summed E-state index contributed by atoms with van der Waals surface area (Å²) in [6.45, 7) is 6.49. The van der Waals surface area contributed by atoms with Gasteiger partial charge < -0.3 is 14.1 Å². The van der Waals surface area contributed by atoms with E-state index in [-0.39, 0.29) is 5.91 Å². The molecule has 0 bridgehead atoms. The van der Waals surface area contributed by atoms with Gasteiger partial charge in [-0.15, -0.1) is 10.2 Å². The summed E-state index contributed by atoms with van der Waals surface area (Å²) in [5, 5.41) is 9.34. The maximum atomic E-state index is 12.7. The quantitative estimate of drug-likeness (QED) is 0.525. The average Bonchev–Trinajstić information content (AvgIpc) is 3.43. The molecule has 0 spiro atoms. The highest BCUT2D eigenvalue weighted by Crippen LogP contribution is 2.29. The molecule has 0 aliphatic carbocycles. The van der Waals surface area contributed by atoms with E-state index in [2.05, 4.69) is 17.1 Å². The second-order valence-corrected chi connectivity index (χ2v) is 8.34. The molecule has 2 aromatic heterocycles. The summed E-state index contributed by atoms with van der Waals surface area (Å²) in [4.78, 5) is 14.6. The third kappa shape index (κ3) is 4.53. The fourth-order valence-corrected chi connectivity index (χ4v) is 4.35. The van der Waals surface area contributed by atoms with Crippen LogP contribution in [0.4, 0.5) is 0 Å². The first kappa shape index (κ1) is 20.5. The van der Waals surface area contributed by atoms with Gasteiger partial charge in [-0.25, -0.2) is 0 Å². The van der Waals surface area contributed by atoms with Crippen LogP contribution in [0.5, 0.6) is 5.75 Å². The monoisotopic (exact) mass is 426 g/mol. The van der Waals surface area contributed by atoms with Crippen molar-refractivity contribution >= 4 is 17.7 Å². The van der Waals surface area contributed by atoms with E-state index in [1.165, 1.54) is 11.8 Å². The molecular weight excluding hydrogens is 400 g/mol. The fourth-order valence-electron chi connectivity index (χ4n) is 3.50. The van der Waals surface area contributed by atoms with Gasteiger partial charge in [0.15, 0.2) is 10.9 Å². The number of carbonyl (C=O) groups excluding carboxylic acids is 1. The predicted molar refractivity (Wildman–Crippen MR) is 116 cm³/mol. The minimum Gasteiger partial charge on any atom is -0.494 e. The van der Waals surface area contributed by atoms with Crippen LogP contribution in [0.3, 0.4) is 0 Å². The van der Waals surface area contributed by atoms with Crippen LogP contribution >= 0.6 is 11.8 Å². The fraction of sp³-hybridized carbons (Fsp3) is 0.409. The number of ether oxygens (including phenoxy) is 1. The number of rotatable bonds is 7. The molecule has 3 aromatic rings. The minimum absolute atomic E-state index is 0.146. The maximum Gasteiger partial charge on any atom is 0.233 e. The topological polar surface area (TPSA) is 73.4 Å². The van der Waals surface area contributed by atoms with Gasteiger partial charge in [-0.05, 0) is 62.1 Å². The molecule has 1 aliphatic heterocycles. The summed E-state index contributed by atoms with van der Waals surface area (Å²) in [6, 6.07) is 11.4. The number of carbonyl (C=O) groups is 1. The van der Waals surface area contributed by atoms with Crippen LogP contribution in [0.15, 0.2) is 52.2 Å². The molecule has 158 valence electrons. The Morgan fingerprint density at radius 2 is 1.97 bits per heavy atom. The van der Waals surface area contributed by atoms with E-state index in [0.29, 0.717) is 35.0 Å². The molecule has 0 atom stereocenters. The van der Waals surface area contributed by atoms with Gasteiger partial charge in [0.05, 0.1) is 24.3 Å². The van der Waals surface area contributed by atoms with Crippen LogP contribution in [0.25, 0.3) is 17.3 Å². The molecule has 0 saturated carbocycles. The number of hydrogen-bond acceptors (Lipinski definition) is 6. The minimum atomic E-state index is 0.146. The Morgan fingerprint density at radius 3 is 2.63 bits per heavy atom. The van der Waals surface area contributed by atoms with Crippen molar-refractivity contribution in [2.24, 2.45) is 5.92 Å². The lowest BCUT2D eigenvalue weighted by atomic mass is 9.99. The molecule has 30 heavy (non-hydrogen) atoms. The molecule has 7 nitrogen and oxygen atoms in total. The zero-order valence-corrected chi connectivity index (χ0v) is 18.1. The van der Waals surface area contributed by atoms with Crippen molar-refractivity contribution in [1.29, 1.82) is 0 Å². The lowest BCUT2D eigenvalue weighted by Gasteiger charge is -2.30. The second kappa shape index (κ2) is 9.38. The third-order valence-corrected chi connectivity index (χ3v) is 6.16. The van der Waals surface area contributed by atoms with E-state index in [0.717, 1.165) is 37.4 Å². The number of amides is 1. The lowest BCUT2D eigenvalue weighted by Crippen LogP contribution is -2.38. The Balaban J connectivity index is 1.56. The van der Waals surface area contributed by atoms with E-state index in [1.54, 1.807) is 6.26 Å². The van der Waals surface area contributed by atoms with Gasteiger partial charge in [0.2, 0.25) is 11.7 Å². The highest BCUT2D eigenvalue weighted by atomic mass is 32.2. The van der Waals surface area contributed by atoms with Gasteiger partial charge in [0.1, 0.15) is 5.75 Å². The summed E-state index contributed by atoms with van der Waals surface area (Å²) in [6.07, 6.45) is 3.75. The number of benzene rings is 1. The van der Waals surface area contributed by atoms with Gasteiger partial charge in [-0.1, -0.05) is 18.7 Å². The molecule has 3 heterocycles. The Labute approximate surface area is 180 Å². The molecule has 0 N–H and O–H groups in total. The molecule has 1 fully saturated rings. The number of thioether (sulfide) groups is 1. The Morgan fingerprint density at radius 1 is 1.20 bits per heavy atom. The Bertz CT molecular complexity index is 961. The standard InChI is InChI=1S/C22H26N4O3S/c1-3-28-18-8-6-17(7-9-18)26-21(19-5-4-14-29-19)23-24-22(26)30-15-20(27)25-12-10-16(2)11-13-25/h4-9,14,16H,3,10-13,15H2,1-2H3. The molecule has 0 unspecified atom stereocenters. The van der Waals surface area contributed by atoms with Crippen molar-refractivity contribution in [3.8, 4) is 23.0 Å². The first-order chi connectivity index (χ1) is 14.7. The highest BCUT2D eigenvalue weighted by molar-refractivity contribution is 7.99. The second-order valence-electron chi connectivity index (χ2n) is 7.40. The average molecular weight is 427 g/mol. The SMILES string of the molecule is CCOc1ccc(-n2c(SCC(=O)N3CCC(C)CC3)nnc2-c2ccco2)cc1. The molecule has 4 rings (SSSR count). The molecule has 8 heteroatoms. The Hall–Kier alpha value is -2.74. The van der Waals surface area contributed by atoms with Crippen LogP contribution < -0.4 is 4.74 Å². The first-order valence-electron chi connectivity index (χ1n) is 10.3. The van der Waals surface area contributed by atoms with E-state index < -0.39 is 0 Å². The number of nitrogens with zero attached hydrogens (tertiary/aromatic N) is 4. The number of hydrogen-bond donors (Lipinski definition) is 0. The molecule has 1 amide bonds. The highest BCUT2D eigenvalue weighted by Gasteiger charge is 2.23. The van der Waals surface area contributed by atoms with E-state index in [9.17, 15) is 4.79 Å². The number of furan rings is 1. The number of piperidine rings is 1. The van der Waals surface area contributed by atoms with E-state index in [1.807, 2.05) is 52.8 Å². The zero-order chi connectivity index (χ0) is 20.9. The normalized spacial score (nSPS) is 14.8. The molecule has 1 aromatic carbocycles. The van der Waals surface area contributed by atoms with E-state index >= 15 is 0 Å². The smallest absolute Gasteiger partial charge is 0.233 e. The number of aromatic nitrogens is 3. The van der Waals surface area contributed by atoms with Gasteiger partial charge in [-0.3, -0.25) is 9.36 Å². The van der Waals surface area contributed by atoms with Gasteiger partial charge in [0.25, 0.3) is 0 Å². The molecule has 1 aliphatic rings. The molecule has 0 radical (unpaired) electrons. The van der Waals surface area contributed by atoms with Gasteiger partial charge >= 0.3 is 0 Å². The van der Waals surface area contributed by atoms with Crippen molar-refractivity contribution in [2.45, 2.75) is 31.8 Å². The van der Waals surface area contributed by atoms with Crippen molar-refractivity contribution in [1.82, 2.24) is 19.7 Å². The summed E-state index contributed by atoms with van der Waals surface area (Å²) >= 11 is 1.40. The van der Waals surface area contributed by atoms with Crippen LogP contribution in [0.2, 0.25) is 0 Å². The largest absolute Gasteiger partial charge is 0.494 e. The van der Waals surface area contributed by atoms with Crippen LogP contribution in [0.1, 0.15) is 26.7 Å². The van der Waals surface area contributed by atoms with Crippen molar-refractivity contribution in [2.75, 3.05) is 25.4 Å². The summed E-state index contributed by atoms with van der Waals surface area (Å²) < 4.78 is 13.0. The van der Waals surface area contributed by atoms with Crippen molar-refractivity contribution in [3.05, 3.63) is 42.7 Å². The van der Waals surface area contributed by atoms with Gasteiger partial charge in [-0.2, -0.15) is 0 Å². The van der Waals surface area contributed by atoms with Crippen LogP contribution in [-0.2, 0) is 4.79 Å². The molecule has 1 saturated heterocycles. The maximum absolute atomic E-state index is 12.7. The first-order valence-corrected chi connectivity index (χ1v) is 11.3. The summed E-state index contributed by atoms with van der Waals surface area (Å²) in [5.41, 5.74) is 0.886. The van der Waals surface area contributed by atoms with Crippen LogP contribution in [-0.4, -0.2) is 51.0 Å². The summed E-state index contributed by atoms with van der Waals surface area (Å²) in [7, 11) is 0. The van der Waals surface area contributed by atoms with Gasteiger partial charge in [0, 0.05) is 13.1 Å². The molecular formula is C22H26N4O3S. The Kier molecular flexibility index (Phi) is 6.42. The third-order valence-electron chi connectivity index (χ3n) is 5.24. The lowest BCUT2D eigenvalue weighted by molar-refractivity contribution is -0.129. The zero-order valence-electron chi connectivity index (χ0n) is 17.3. The van der Waals surface area contributed by atoms with Crippen molar-refractivity contribution in [3.63, 3.8) is 0 Å². The summed E-state index contributed by atoms with van der Waals surface area (Å²) in [5.74, 6) is 3.21. The predicted octanol–water partition coefficient (Wildman–Crippen LogP) is 4.28.